The van der Waals surface area contributed by atoms with Gasteiger partial charge in [0.1, 0.15) is 11.6 Å². The highest BCUT2D eigenvalue weighted by Gasteiger charge is 2.42. The van der Waals surface area contributed by atoms with Gasteiger partial charge >= 0.3 is 6.11 Å². The molecule has 1 aromatic carbocycles. The van der Waals surface area contributed by atoms with E-state index in [0.717, 1.165) is 12.1 Å². The smallest absolute Gasteiger partial charge is 0.428 e. The van der Waals surface area contributed by atoms with Crippen molar-refractivity contribution in [2.45, 2.75) is 11.7 Å². The fourth-order valence-corrected chi connectivity index (χ4v) is 1.26. The minimum Gasteiger partial charge on any atom is -0.428 e. The number of nitrogens with two attached hydrogens (primary N) is 1. The summed E-state index contributed by atoms with van der Waals surface area (Å²) in [5.74, 6) is -1.32. The molecule has 8 heteroatoms. The van der Waals surface area contributed by atoms with Crippen molar-refractivity contribution in [1.82, 2.24) is 0 Å². The lowest BCUT2D eigenvalue weighted by atomic mass is 10.3. The van der Waals surface area contributed by atoms with Crippen molar-refractivity contribution in [3.05, 3.63) is 22.4 Å². The Morgan fingerprint density at radius 3 is 2.50 bits per heavy atom. The first-order valence-corrected chi connectivity index (χ1v) is 5.06. The molecule has 0 fully saturated rings. The summed E-state index contributed by atoms with van der Waals surface area (Å²) in [4.78, 5) is 0. The Labute approximate surface area is 101 Å². The average molecular weight is 322 g/mol. The second-order valence-electron chi connectivity index (χ2n) is 2.77. The fourth-order valence-electron chi connectivity index (χ4n) is 0.814. The van der Waals surface area contributed by atoms with E-state index < -0.39 is 29.0 Å². The number of rotatable bonds is 3. The summed E-state index contributed by atoms with van der Waals surface area (Å²) in [7, 11) is 0. The molecule has 0 saturated heterocycles. The Morgan fingerprint density at radius 1 is 1.44 bits per heavy atom. The van der Waals surface area contributed by atoms with E-state index in [-0.39, 0.29) is 4.47 Å². The molecular formula is C8H5BrClF4NO. The minimum absolute atomic E-state index is 0.129. The first-order valence-electron chi connectivity index (χ1n) is 3.83. The molecule has 1 aromatic rings. The van der Waals surface area contributed by atoms with Gasteiger partial charge in [0.15, 0.2) is 0 Å². The predicted octanol–water partition coefficient (Wildman–Crippen LogP) is 3.68. The highest BCUT2D eigenvalue weighted by molar-refractivity contribution is 9.10. The quantitative estimate of drug-likeness (QED) is 0.523. The van der Waals surface area contributed by atoms with E-state index in [1.54, 1.807) is 0 Å². The molecule has 0 aliphatic heterocycles. The van der Waals surface area contributed by atoms with Crippen LogP contribution in [0.3, 0.4) is 0 Å². The Kier molecular flexibility index (Phi) is 3.90. The largest absolute Gasteiger partial charge is 0.444 e. The molecule has 0 aromatic heterocycles. The molecule has 1 rings (SSSR count). The number of benzene rings is 1. The van der Waals surface area contributed by atoms with Crippen molar-refractivity contribution in [3.8, 4) is 5.75 Å². The maximum atomic E-state index is 12.9. The maximum Gasteiger partial charge on any atom is 0.444 e. The van der Waals surface area contributed by atoms with Crippen molar-refractivity contribution < 1.29 is 22.3 Å². The predicted molar refractivity (Wildman–Crippen MR) is 54.8 cm³/mol. The molecule has 0 amide bonds. The van der Waals surface area contributed by atoms with Gasteiger partial charge in [0, 0.05) is 6.07 Å². The summed E-state index contributed by atoms with van der Waals surface area (Å²) in [6.07, 6.45) is -4.23. The molecule has 0 aliphatic rings. The molecule has 0 bridgehead atoms. The van der Waals surface area contributed by atoms with Gasteiger partial charge < -0.3 is 10.5 Å². The van der Waals surface area contributed by atoms with Crippen LogP contribution >= 0.6 is 27.5 Å². The van der Waals surface area contributed by atoms with Crippen LogP contribution in [-0.2, 0) is 0 Å². The van der Waals surface area contributed by atoms with Gasteiger partial charge in [-0.2, -0.15) is 8.78 Å². The van der Waals surface area contributed by atoms with Crippen molar-refractivity contribution in [1.29, 1.82) is 0 Å². The van der Waals surface area contributed by atoms with E-state index in [9.17, 15) is 17.6 Å². The molecule has 90 valence electrons. The molecule has 16 heavy (non-hydrogen) atoms. The lowest BCUT2D eigenvalue weighted by molar-refractivity contribution is -0.199. The van der Waals surface area contributed by atoms with Crippen molar-refractivity contribution >= 4 is 33.2 Å². The first-order chi connectivity index (χ1) is 7.24. The summed E-state index contributed by atoms with van der Waals surface area (Å²) in [5.41, 5.74) is 1.71. The standard InChI is InChI=1S/C8H5BrClF4NO/c9-3-1-4(11)5(15)2-6(3)16-8(13,14)7(10)12/h1-2,7H,15H2/t7-/m1/s1. The third-order valence-electron chi connectivity index (χ3n) is 1.55. The third kappa shape index (κ3) is 2.91. The zero-order valence-corrected chi connectivity index (χ0v) is 9.83. The van der Waals surface area contributed by atoms with Crippen LogP contribution in [0.1, 0.15) is 0 Å². The van der Waals surface area contributed by atoms with E-state index >= 15 is 0 Å². The molecule has 0 aliphatic carbocycles. The SMILES string of the molecule is Nc1cc(OC(F)(F)[C@@H](F)Cl)c(Br)cc1F. The third-order valence-corrected chi connectivity index (χ3v) is 2.43. The Morgan fingerprint density at radius 2 is 2.00 bits per heavy atom. The summed E-state index contributed by atoms with van der Waals surface area (Å²) in [6.45, 7) is 0. The highest BCUT2D eigenvalue weighted by atomic mass is 79.9. The van der Waals surface area contributed by atoms with Crippen LogP contribution in [0.25, 0.3) is 0 Å². The van der Waals surface area contributed by atoms with E-state index in [1.807, 2.05) is 0 Å². The van der Waals surface area contributed by atoms with Crippen molar-refractivity contribution in [2.75, 3.05) is 5.73 Å². The molecule has 0 saturated carbocycles. The first kappa shape index (κ1) is 13.4. The van der Waals surface area contributed by atoms with Gasteiger partial charge in [-0.1, -0.05) is 11.6 Å². The number of ether oxygens (including phenoxy) is 1. The van der Waals surface area contributed by atoms with Gasteiger partial charge in [-0.15, -0.1) is 0 Å². The lowest BCUT2D eigenvalue weighted by Crippen LogP contribution is -2.32. The highest BCUT2D eigenvalue weighted by Crippen LogP contribution is 2.35. The van der Waals surface area contributed by atoms with Gasteiger partial charge in [0.25, 0.3) is 5.63 Å². The fraction of sp³-hybridized carbons (Fsp3) is 0.250. The van der Waals surface area contributed by atoms with E-state index in [0.29, 0.717) is 0 Å². The summed E-state index contributed by atoms with van der Waals surface area (Å²) in [5, 5.41) is 0. The Balaban J connectivity index is 3.02. The van der Waals surface area contributed by atoms with Gasteiger partial charge in [0.2, 0.25) is 0 Å². The summed E-state index contributed by atoms with van der Waals surface area (Å²) in [6, 6.07) is 1.62. The minimum atomic E-state index is -4.23. The van der Waals surface area contributed by atoms with Crippen LogP contribution in [0.2, 0.25) is 0 Å². The second-order valence-corrected chi connectivity index (χ2v) is 4.01. The second kappa shape index (κ2) is 4.67. The number of hydrogen-bond acceptors (Lipinski definition) is 2. The normalized spacial score (nSPS) is 13.6. The lowest BCUT2D eigenvalue weighted by Gasteiger charge is -2.18. The molecule has 0 radical (unpaired) electrons. The summed E-state index contributed by atoms with van der Waals surface area (Å²) >= 11 is 7.34. The van der Waals surface area contributed by atoms with Gasteiger partial charge in [-0.05, 0) is 22.0 Å². The molecular weight excluding hydrogens is 317 g/mol. The van der Waals surface area contributed by atoms with Crippen LogP contribution in [-0.4, -0.2) is 11.7 Å². The summed E-state index contributed by atoms with van der Waals surface area (Å²) < 4.78 is 54.5. The molecule has 1 atom stereocenters. The van der Waals surface area contributed by atoms with Crippen LogP contribution in [0.5, 0.6) is 5.75 Å². The molecule has 0 spiro atoms. The zero-order chi connectivity index (χ0) is 12.5. The van der Waals surface area contributed by atoms with Gasteiger partial charge in [0.05, 0.1) is 10.2 Å². The topological polar surface area (TPSA) is 35.2 Å². The van der Waals surface area contributed by atoms with Crippen molar-refractivity contribution in [2.24, 2.45) is 0 Å². The Bertz CT molecular complexity index is 402. The van der Waals surface area contributed by atoms with Gasteiger partial charge in [-0.3, -0.25) is 0 Å². The van der Waals surface area contributed by atoms with Crippen LogP contribution in [0.15, 0.2) is 16.6 Å². The maximum absolute atomic E-state index is 12.9. The van der Waals surface area contributed by atoms with Crippen LogP contribution in [0.4, 0.5) is 23.2 Å². The average Bonchev–Trinajstić information content (AvgIpc) is 2.13. The van der Waals surface area contributed by atoms with Crippen LogP contribution in [0, 0.1) is 5.82 Å². The van der Waals surface area contributed by atoms with E-state index in [2.05, 4.69) is 32.3 Å². The Hall–Kier alpha value is -0.690. The zero-order valence-electron chi connectivity index (χ0n) is 7.49. The number of halogens is 6. The van der Waals surface area contributed by atoms with E-state index in [4.69, 9.17) is 5.73 Å². The number of anilines is 1. The number of nitrogen functional groups attached to an aromatic ring is 1. The molecule has 2 N–H and O–H groups in total. The van der Waals surface area contributed by atoms with Crippen LogP contribution < -0.4 is 10.5 Å². The number of hydrogen-bond donors (Lipinski definition) is 1. The number of alkyl halides is 4. The molecule has 0 unspecified atom stereocenters. The monoisotopic (exact) mass is 321 g/mol. The van der Waals surface area contributed by atoms with E-state index in [1.165, 1.54) is 0 Å². The van der Waals surface area contributed by atoms with Crippen molar-refractivity contribution in [3.63, 3.8) is 0 Å². The van der Waals surface area contributed by atoms with Gasteiger partial charge in [-0.25, -0.2) is 8.78 Å². The molecule has 0 heterocycles. The molecule has 2 nitrogen and oxygen atoms in total.